The summed E-state index contributed by atoms with van der Waals surface area (Å²) in [5, 5.41) is 3.30. The van der Waals surface area contributed by atoms with Crippen LogP contribution in [-0.4, -0.2) is 40.4 Å². The summed E-state index contributed by atoms with van der Waals surface area (Å²) in [4.78, 5) is 19.4. The van der Waals surface area contributed by atoms with E-state index in [4.69, 9.17) is 21.3 Å². The number of hydrogen-bond acceptors (Lipinski definition) is 4. The number of fused-ring (bicyclic) bond motifs is 1. The molecule has 33 heavy (non-hydrogen) atoms. The molecule has 0 saturated carbocycles. The van der Waals surface area contributed by atoms with Crippen molar-refractivity contribution in [3.63, 3.8) is 0 Å². The first-order valence-electron chi connectivity index (χ1n) is 11.3. The third-order valence-corrected chi connectivity index (χ3v) is 6.13. The standard InChI is InChI=1S/C25H30ClFN4O2/c1-25(2,3)33-24(32)28-15-17-9-6-7-14-30(17)23-29-21-12-4-5-13-22(21)31(23)16-18-19(26)10-8-11-20(18)27/h4-5,8,10-13,17H,6-7,9,14-16H2,1-3H3,(H,28,32). The van der Waals surface area contributed by atoms with Crippen molar-refractivity contribution in [3.05, 3.63) is 58.9 Å². The molecule has 0 radical (unpaired) electrons. The molecule has 2 heterocycles. The van der Waals surface area contributed by atoms with E-state index < -0.39 is 11.7 Å². The number of piperidine rings is 1. The molecule has 2 aromatic carbocycles. The SMILES string of the molecule is CC(C)(C)OC(=O)NCC1CCCCN1c1nc2ccccc2n1Cc1c(F)cccc1Cl. The summed E-state index contributed by atoms with van der Waals surface area (Å²) >= 11 is 6.35. The number of carbonyl (C=O) groups is 1. The molecule has 0 spiro atoms. The van der Waals surface area contributed by atoms with Gasteiger partial charge in [0, 0.05) is 29.7 Å². The molecule has 1 amide bonds. The van der Waals surface area contributed by atoms with Crippen molar-refractivity contribution in [1.29, 1.82) is 0 Å². The number of amides is 1. The van der Waals surface area contributed by atoms with Crippen LogP contribution in [0.25, 0.3) is 11.0 Å². The topological polar surface area (TPSA) is 59.4 Å². The molecule has 176 valence electrons. The zero-order valence-corrected chi connectivity index (χ0v) is 20.0. The molecule has 1 N–H and O–H groups in total. The third kappa shape index (κ3) is 5.41. The Morgan fingerprint density at radius 2 is 2.00 bits per heavy atom. The van der Waals surface area contributed by atoms with Crippen LogP contribution in [0.3, 0.4) is 0 Å². The number of alkyl carbamates (subject to hydrolysis) is 1. The molecule has 1 atom stereocenters. The van der Waals surface area contributed by atoms with Crippen molar-refractivity contribution in [3.8, 4) is 0 Å². The Morgan fingerprint density at radius 1 is 1.21 bits per heavy atom. The monoisotopic (exact) mass is 472 g/mol. The van der Waals surface area contributed by atoms with Gasteiger partial charge >= 0.3 is 6.09 Å². The summed E-state index contributed by atoms with van der Waals surface area (Å²) < 4.78 is 22.1. The summed E-state index contributed by atoms with van der Waals surface area (Å²) in [6, 6.07) is 12.6. The second kappa shape index (κ2) is 9.59. The van der Waals surface area contributed by atoms with E-state index in [-0.39, 0.29) is 18.4 Å². The van der Waals surface area contributed by atoms with Gasteiger partial charge in [0.25, 0.3) is 0 Å². The second-order valence-electron chi connectivity index (χ2n) is 9.41. The van der Waals surface area contributed by atoms with Crippen molar-refractivity contribution in [1.82, 2.24) is 14.9 Å². The average Bonchev–Trinajstić information content (AvgIpc) is 3.12. The molecule has 8 heteroatoms. The van der Waals surface area contributed by atoms with Gasteiger partial charge in [-0.05, 0) is 64.3 Å². The van der Waals surface area contributed by atoms with Crippen molar-refractivity contribution < 1.29 is 13.9 Å². The van der Waals surface area contributed by atoms with Gasteiger partial charge in [-0.25, -0.2) is 14.2 Å². The summed E-state index contributed by atoms with van der Waals surface area (Å²) in [6.45, 7) is 7.04. The fourth-order valence-corrected chi connectivity index (χ4v) is 4.49. The van der Waals surface area contributed by atoms with Crippen LogP contribution in [0.4, 0.5) is 15.1 Å². The summed E-state index contributed by atoms with van der Waals surface area (Å²) in [5.74, 6) is 0.416. The molecule has 0 bridgehead atoms. The predicted molar refractivity (Wildman–Crippen MR) is 129 cm³/mol. The highest BCUT2D eigenvalue weighted by molar-refractivity contribution is 6.31. The number of nitrogens with one attached hydrogen (secondary N) is 1. The van der Waals surface area contributed by atoms with E-state index in [0.29, 0.717) is 17.1 Å². The molecule has 1 aliphatic heterocycles. The van der Waals surface area contributed by atoms with Crippen LogP contribution in [0.2, 0.25) is 5.02 Å². The maximum absolute atomic E-state index is 14.6. The Morgan fingerprint density at radius 3 is 2.76 bits per heavy atom. The van der Waals surface area contributed by atoms with Crippen LogP contribution >= 0.6 is 11.6 Å². The second-order valence-corrected chi connectivity index (χ2v) is 9.82. The number of halogens is 2. The van der Waals surface area contributed by atoms with Gasteiger partial charge in [0.15, 0.2) is 0 Å². The Balaban J connectivity index is 1.66. The molecule has 3 aromatic rings. The number of para-hydroxylation sites is 2. The van der Waals surface area contributed by atoms with Gasteiger partial charge < -0.3 is 19.5 Å². The highest BCUT2D eigenvalue weighted by atomic mass is 35.5. The van der Waals surface area contributed by atoms with Gasteiger partial charge in [-0.15, -0.1) is 0 Å². The lowest BCUT2D eigenvalue weighted by molar-refractivity contribution is 0.0522. The number of aromatic nitrogens is 2. The molecule has 4 rings (SSSR count). The summed E-state index contributed by atoms with van der Waals surface area (Å²) in [7, 11) is 0. The van der Waals surface area contributed by atoms with Crippen LogP contribution in [0, 0.1) is 5.82 Å². The Hall–Kier alpha value is -2.80. The number of rotatable bonds is 5. The van der Waals surface area contributed by atoms with Crippen LogP contribution in [0.5, 0.6) is 0 Å². The van der Waals surface area contributed by atoms with Crippen molar-refractivity contribution >= 4 is 34.7 Å². The predicted octanol–water partition coefficient (Wildman–Crippen LogP) is 5.76. The summed E-state index contributed by atoms with van der Waals surface area (Å²) in [6.07, 6.45) is 2.57. The Bertz CT molecular complexity index is 1120. The van der Waals surface area contributed by atoms with E-state index >= 15 is 0 Å². The van der Waals surface area contributed by atoms with Gasteiger partial charge in [-0.3, -0.25) is 0 Å². The number of benzene rings is 2. The quantitative estimate of drug-likeness (QED) is 0.512. The third-order valence-electron chi connectivity index (χ3n) is 5.78. The molecule has 1 unspecified atom stereocenters. The van der Waals surface area contributed by atoms with Gasteiger partial charge in [0.05, 0.1) is 17.6 Å². The molecule has 0 aliphatic carbocycles. The number of carbonyl (C=O) groups excluding carboxylic acids is 1. The van der Waals surface area contributed by atoms with Crippen LogP contribution < -0.4 is 10.2 Å². The number of hydrogen-bond donors (Lipinski definition) is 1. The van der Waals surface area contributed by atoms with Crippen molar-refractivity contribution in [2.45, 2.75) is 58.2 Å². The van der Waals surface area contributed by atoms with E-state index in [1.165, 1.54) is 6.07 Å². The normalized spacial score (nSPS) is 16.8. The van der Waals surface area contributed by atoms with Gasteiger partial charge in [0.1, 0.15) is 11.4 Å². The van der Waals surface area contributed by atoms with Crippen LogP contribution in [0.15, 0.2) is 42.5 Å². The maximum Gasteiger partial charge on any atom is 0.407 e. The first-order chi connectivity index (χ1) is 15.7. The first-order valence-corrected chi connectivity index (χ1v) is 11.7. The van der Waals surface area contributed by atoms with E-state index in [1.54, 1.807) is 12.1 Å². The Labute approximate surface area is 198 Å². The molecule has 1 aliphatic rings. The largest absolute Gasteiger partial charge is 0.444 e. The number of ether oxygens (including phenoxy) is 1. The van der Waals surface area contributed by atoms with E-state index in [1.807, 2.05) is 49.6 Å². The summed E-state index contributed by atoms with van der Waals surface area (Å²) in [5.41, 5.74) is 1.63. The van der Waals surface area contributed by atoms with Crippen molar-refractivity contribution in [2.75, 3.05) is 18.0 Å². The lowest BCUT2D eigenvalue weighted by Crippen LogP contribution is -2.48. The molecule has 1 fully saturated rings. The maximum atomic E-state index is 14.6. The zero-order valence-electron chi connectivity index (χ0n) is 19.3. The van der Waals surface area contributed by atoms with Crippen LogP contribution in [0.1, 0.15) is 45.6 Å². The van der Waals surface area contributed by atoms with Gasteiger partial charge in [0.2, 0.25) is 5.95 Å². The minimum atomic E-state index is -0.552. The van der Waals surface area contributed by atoms with E-state index in [9.17, 15) is 9.18 Å². The minimum Gasteiger partial charge on any atom is -0.444 e. The fourth-order valence-electron chi connectivity index (χ4n) is 4.27. The highest BCUT2D eigenvalue weighted by Gasteiger charge is 2.29. The highest BCUT2D eigenvalue weighted by Crippen LogP contribution is 2.31. The molecular formula is C25H30ClFN4O2. The van der Waals surface area contributed by atoms with E-state index in [0.717, 1.165) is 42.8 Å². The smallest absolute Gasteiger partial charge is 0.407 e. The zero-order chi connectivity index (χ0) is 23.6. The lowest BCUT2D eigenvalue weighted by atomic mass is 10.0. The van der Waals surface area contributed by atoms with Crippen molar-refractivity contribution in [2.24, 2.45) is 0 Å². The molecule has 1 saturated heterocycles. The van der Waals surface area contributed by atoms with Gasteiger partial charge in [-0.2, -0.15) is 0 Å². The number of nitrogens with zero attached hydrogens (tertiary/aromatic N) is 3. The average molecular weight is 473 g/mol. The fraction of sp³-hybridized carbons (Fsp3) is 0.440. The molecular weight excluding hydrogens is 443 g/mol. The van der Waals surface area contributed by atoms with E-state index in [2.05, 4.69) is 10.2 Å². The minimum absolute atomic E-state index is 0.0536. The molecule has 1 aromatic heterocycles. The lowest BCUT2D eigenvalue weighted by Gasteiger charge is -2.37. The number of imidazole rings is 1. The number of anilines is 1. The first kappa shape index (κ1) is 23.4. The van der Waals surface area contributed by atoms with Gasteiger partial charge in [-0.1, -0.05) is 29.8 Å². The molecule has 6 nitrogen and oxygen atoms in total. The Kier molecular flexibility index (Phi) is 6.79. The van der Waals surface area contributed by atoms with Crippen LogP contribution in [-0.2, 0) is 11.3 Å².